The number of benzene rings is 2. The Bertz CT molecular complexity index is 982. The van der Waals surface area contributed by atoms with Crippen molar-refractivity contribution in [1.82, 2.24) is 15.2 Å². The van der Waals surface area contributed by atoms with Crippen LogP contribution in [0.3, 0.4) is 0 Å². The van der Waals surface area contributed by atoms with Gasteiger partial charge in [0.2, 0.25) is 5.89 Å². The summed E-state index contributed by atoms with van der Waals surface area (Å²) in [6.45, 7) is 3.30. The molecular formula is C24H27N3O3. The first kappa shape index (κ1) is 20.2. The molecule has 2 aromatic carbocycles. The van der Waals surface area contributed by atoms with Crippen molar-refractivity contribution in [2.45, 2.75) is 44.9 Å². The van der Waals surface area contributed by atoms with Gasteiger partial charge >= 0.3 is 0 Å². The molecule has 1 aromatic heterocycles. The molecule has 1 heterocycles. The first-order valence-electron chi connectivity index (χ1n) is 10.3. The van der Waals surface area contributed by atoms with Gasteiger partial charge in [-0.3, -0.25) is 9.69 Å². The summed E-state index contributed by atoms with van der Waals surface area (Å²) in [5.74, 6) is 1.20. The molecule has 1 N–H and O–H groups in total. The maximum Gasteiger partial charge on any atom is 0.273 e. The topological polar surface area (TPSA) is 67.6 Å². The molecule has 0 bridgehead atoms. The van der Waals surface area contributed by atoms with Crippen LogP contribution in [0.25, 0.3) is 0 Å². The summed E-state index contributed by atoms with van der Waals surface area (Å²) < 4.78 is 11.2. The summed E-state index contributed by atoms with van der Waals surface area (Å²) in [4.78, 5) is 19.0. The predicted molar refractivity (Wildman–Crippen MR) is 114 cm³/mol. The Kier molecular flexibility index (Phi) is 6.14. The summed E-state index contributed by atoms with van der Waals surface area (Å²) in [6, 6.07) is 18.7. The van der Waals surface area contributed by atoms with Crippen LogP contribution in [-0.2, 0) is 13.1 Å². The quantitative estimate of drug-likeness (QED) is 0.574. The third kappa shape index (κ3) is 4.89. The minimum absolute atomic E-state index is 0.117. The van der Waals surface area contributed by atoms with Crippen molar-refractivity contribution < 1.29 is 13.9 Å². The lowest BCUT2D eigenvalue weighted by Crippen LogP contribution is -2.27. The normalized spacial score (nSPS) is 14.5. The van der Waals surface area contributed by atoms with Crippen molar-refractivity contribution in [3.8, 4) is 5.75 Å². The largest absolute Gasteiger partial charge is 0.496 e. The average molecular weight is 405 g/mol. The Labute approximate surface area is 176 Å². The number of hydrogen-bond acceptors (Lipinski definition) is 5. The molecule has 0 spiro atoms. The SMILES string of the molecule is COc1ccccc1CN(Cc1nc(C(=O)NC2CC2)co1)C(C)c1ccccc1. The number of methoxy groups -OCH3 is 1. The van der Waals surface area contributed by atoms with Gasteiger partial charge in [-0.15, -0.1) is 0 Å². The fraction of sp³-hybridized carbons (Fsp3) is 0.333. The maximum absolute atomic E-state index is 12.3. The maximum atomic E-state index is 12.3. The Morgan fingerprint density at radius 3 is 2.63 bits per heavy atom. The molecular weight excluding hydrogens is 378 g/mol. The smallest absolute Gasteiger partial charge is 0.273 e. The van der Waals surface area contributed by atoms with Crippen LogP contribution < -0.4 is 10.1 Å². The number of carbonyl (C=O) groups excluding carboxylic acids is 1. The number of nitrogens with zero attached hydrogens (tertiary/aromatic N) is 2. The number of aromatic nitrogens is 1. The fourth-order valence-electron chi connectivity index (χ4n) is 3.47. The minimum atomic E-state index is -0.167. The summed E-state index contributed by atoms with van der Waals surface area (Å²) >= 11 is 0. The number of rotatable bonds is 9. The van der Waals surface area contributed by atoms with E-state index in [4.69, 9.17) is 9.15 Å². The Morgan fingerprint density at radius 1 is 1.17 bits per heavy atom. The van der Waals surface area contributed by atoms with E-state index in [1.54, 1.807) is 7.11 Å². The molecule has 156 valence electrons. The van der Waals surface area contributed by atoms with Crippen LogP contribution in [0, 0.1) is 0 Å². The van der Waals surface area contributed by atoms with Crippen LogP contribution in [0.4, 0.5) is 0 Å². The highest BCUT2D eigenvalue weighted by Crippen LogP contribution is 2.28. The lowest BCUT2D eigenvalue weighted by molar-refractivity contribution is 0.0946. The Hall–Kier alpha value is -3.12. The number of carbonyl (C=O) groups is 1. The number of hydrogen-bond donors (Lipinski definition) is 1. The molecule has 1 fully saturated rings. The first-order valence-corrected chi connectivity index (χ1v) is 10.3. The van der Waals surface area contributed by atoms with Crippen LogP contribution >= 0.6 is 0 Å². The van der Waals surface area contributed by atoms with E-state index >= 15 is 0 Å². The second kappa shape index (κ2) is 9.13. The molecule has 0 radical (unpaired) electrons. The Balaban J connectivity index is 1.55. The lowest BCUT2D eigenvalue weighted by atomic mass is 10.1. The van der Waals surface area contributed by atoms with Crippen LogP contribution in [0.2, 0.25) is 0 Å². The molecule has 1 aliphatic carbocycles. The minimum Gasteiger partial charge on any atom is -0.496 e. The van der Waals surface area contributed by atoms with Gasteiger partial charge in [-0.1, -0.05) is 48.5 Å². The molecule has 6 heteroatoms. The molecule has 3 aromatic rings. The van der Waals surface area contributed by atoms with Crippen LogP contribution in [0.15, 0.2) is 65.3 Å². The zero-order valence-corrected chi connectivity index (χ0v) is 17.4. The van der Waals surface area contributed by atoms with Crippen molar-refractivity contribution >= 4 is 5.91 Å². The Morgan fingerprint density at radius 2 is 1.90 bits per heavy atom. The second-order valence-corrected chi connectivity index (χ2v) is 7.68. The van der Waals surface area contributed by atoms with Gasteiger partial charge in [-0.25, -0.2) is 4.98 Å². The van der Waals surface area contributed by atoms with Gasteiger partial charge in [0.15, 0.2) is 5.69 Å². The molecule has 6 nitrogen and oxygen atoms in total. The highest BCUT2D eigenvalue weighted by atomic mass is 16.5. The number of ether oxygens (including phenoxy) is 1. The molecule has 1 amide bonds. The van der Waals surface area contributed by atoms with Gasteiger partial charge in [0, 0.05) is 24.2 Å². The average Bonchev–Trinajstić information content (AvgIpc) is 3.47. The molecule has 30 heavy (non-hydrogen) atoms. The molecule has 0 aliphatic heterocycles. The molecule has 1 saturated carbocycles. The van der Waals surface area contributed by atoms with E-state index in [1.165, 1.54) is 11.8 Å². The van der Waals surface area contributed by atoms with E-state index in [-0.39, 0.29) is 18.0 Å². The number of nitrogens with one attached hydrogen (secondary N) is 1. The zero-order chi connectivity index (χ0) is 20.9. The fourth-order valence-corrected chi connectivity index (χ4v) is 3.47. The van der Waals surface area contributed by atoms with Gasteiger partial charge in [0.1, 0.15) is 12.0 Å². The third-order valence-electron chi connectivity index (χ3n) is 5.43. The van der Waals surface area contributed by atoms with Gasteiger partial charge in [0.05, 0.1) is 13.7 Å². The van der Waals surface area contributed by atoms with Crippen molar-refractivity contribution in [2.75, 3.05) is 7.11 Å². The number of para-hydroxylation sites is 1. The summed E-state index contributed by atoms with van der Waals surface area (Å²) in [6.07, 6.45) is 3.52. The highest BCUT2D eigenvalue weighted by molar-refractivity contribution is 5.92. The molecule has 1 unspecified atom stereocenters. The lowest BCUT2D eigenvalue weighted by Gasteiger charge is -2.29. The van der Waals surface area contributed by atoms with Gasteiger partial charge in [0.25, 0.3) is 5.91 Å². The van der Waals surface area contributed by atoms with E-state index < -0.39 is 0 Å². The van der Waals surface area contributed by atoms with E-state index in [1.807, 2.05) is 36.4 Å². The van der Waals surface area contributed by atoms with E-state index in [2.05, 4.69) is 40.3 Å². The van der Waals surface area contributed by atoms with Gasteiger partial charge < -0.3 is 14.5 Å². The molecule has 1 atom stereocenters. The van der Waals surface area contributed by atoms with Crippen LogP contribution in [0.5, 0.6) is 5.75 Å². The second-order valence-electron chi connectivity index (χ2n) is 7.68. The van der Waals surface area contributed by atoms with Gasteiger partial charge in [-0.05, 0) is 31.4 Å². The molecule has 4 rings (SSSR count). The van der Waals surface area contributed by atoms with E-state index in [0.29, 0.717) is 24.7 Å². The highest BCUT2D eigenvalue weighted by Gasteiger charge is 2.26. The van der Waals surface area contributed by atoms with Crippen molar-refractivity contribution in [3.05, 3.63) is 83.6 Å². The van der Waals surface area contributed by atoms with E-state index in [0.717, 1.165) is 24.2 Å². The number of oxazole rings is 1. The van der Waals surface area contributed by atoms with Crippen LogP contribution in [-0.4, -0.2) is 28.9 Å². The van der Waals surface area contributed by atoms with Crippen LogP contribution in [0.1, 0.15) is 53.3 Å². The summed E-state index contributed by atoms with van der Waals surface area (Å²) in [7, 11) is 1.68. The predicted octanol–water partition coefficient (Wildman–Crippen LogP) is 4.34. The monoisotopic (exact) mass is 405 g/mol. The summed E-state index contributed by atoms with van der Waals surface area (Å²) in [5, 5.41) is 2.95. The van der Waals surface area contributed by atoms with Crippen molar-refractivity contribution in [2.24, 2.45) is 0 Å². The van der Waals surface area contributed by atoms with E-state index in [9.17, 15) is 4.79 Å². The summed E-state index contributed by atoms with van der Waals surface area (Å²) in [5.41, 5.74) is 2.62. The molecule has 0 saturated heterocycles. The molecule has 1 aliphatic rings. The number of amides is 1. The standard InChI is InChI=1S/C24H27N3O3/c1-17(18-8-4-3-5-9-18)27(14-19-10-6-7-11-22(19)29-2)15-23-26-21(16-30-23)24(28)25-20-12-13-20/h3-11,16-17,20H,12-15H2,1-2H3,(H,25,28). The van der Waals surface area contributed by atoms with Gasteiger partial charge in [-0.2, -0.15) is 0 Å². The van der Waals surface area contributed by atoms with Crippen molar-refractivity contribution in [3.63, 3.8) is 0 Å². The zero-order valence-electron chi connectivity index (χ0n) is 17.4. The van der Waals surface area contributed by atoms with Crippen molar-refractivity contribution in [1.29, 1.82) is 0 Å². The first-order chi connectivity index (χ1) is 14.6. The third-order valence-corrected chi connectivity index (χ3v) is 5.43.